The van der Waals surface area contributed by atoms with Gasteiger partial charge in [0.1, 0.15) is 10.8 Å². The van der Waals surface area contributed by atoms with Gasteiger partial charge in [0.05, 0.1) is 12.1 Å². The summed E-state index contributed by atoms with van der Waals surface area (Å²) in [5.41, 5.74) is 1.26. The molecular formula is C17H24N2OS. The highest BCUT2D eigenvalue weighted by molar-refractivity contribution is 7.11. The molecule has 21 heavy (non-hydrogen) atoms. The van der Waals surface area contributed by atoms with E-state index in [1.165, 1.54) is 10.4 Å². The van der Waals surface area contributed by atoms with Gasteiger partial charge in [0.2, 0.25) is 0 Å². The van der Waals surface area contributed by atoms with Crippen molar-refractivity contribution in [3.8, 4) is 5.75 Å². The zero-order valence-corrected chi connectivity index (χ0v) is 14.2. The number of benzene rings is 1. The Morgan fingerprint density at radius 3 is 2.24 bits per heavy atom. The summed E-state index contributed by atoms with van der Waals surface area (Å²) < 4.78 is 5.67. The zero-order valence-electron chi connectivity index (χ0n) is 13.4. The molecule has 114 valence electrons. The Bertz CT molecular complexity index is 562. The summed E-state index contributed by atoms with van der Waals surface area (Å²) in [6, 6.07) is 8.84. The number of hydrogen-bond donors (Lipinski definition) is 1. The van der Waals surface area contributed by atoms with Crippen LogP contribution in [0.1, 0.15) is 55.2 Å². The molecule has 0 aliphatic heterocycles. The van der Waals surface area contributed by atoms with Crippen molar-refractivity contribution in [3.05, 3.63) is 45.9 Å². The third-order valence-electron chi connectivity index (χ3n) is 3.26. The first-order chi connectivity index (χ1) is 9.95. The number of nitrogens with one attached hydrogen (secondary N) is 1. The molecule has 0 saturated heterocycles. The van der Waals surface area contributed by atoms with Crippen molar-refractivity contribution in [2.75, 3.05) is 0 Å². The highest BCUT2D eigenvalue weighted by Crippen LogP contribution is 2.24. The SMILES string of the molecule is Cc1cnc(C(C)NC(C)c2ccc(OC(C)C)cc2)s1. The van der Waals surface area contributed by atoms with E-state index >= 15 is 0 Å². The normalized spacial score (nSPS) is 14.2. The van der Waals surface area contributed by atoms with E-state index in [0.717, 1.165) is 10.8 Å². The Kier molecular flexibility index (Phi) is 5.37. The summed E-state index contributed by atoms with van der Waals surface area (Å²) in [7, 11) is 0. The van der Waals surface area contributed by atoms with Crippen molar-refractivity contribution in [2.24, 2.45) is 0 Å². The van der Waals surface area contributed by atoms with Crippen molar-refractivity contribution in [1.82, 2.24) is 10.3 Å². The Morgan fingerprint density at radius 1 is 1.05 bits per heavy atom. The topological polar surface area (TPSA) is 34.2 Å². The average Bonchev–Trinajstić information content (AvgIpc) is 2.85. The Labute approximate surface area is 131 Å². The van der Waals surface area contributed by atoms with Crippen LogP contribution in [-0.4, -0.2) is 11.1 Å². The summed E-state index contributed by atoms with van der Waals surface area (Å²) in [5, 5.41) is 4.73. The van der Waals surface area contributed by atoms with Crippen LogP contribution in [0, 0.1) is 6.92 Å². The predicted octanol–water partition coefficient (Wildman–Crippen LogP) is 4.65. The van der Waals surface area contributed by atoms with E-state index in [1.54, 1.807) is 11.3 Å². The third kappa shape index (κ3) is 4.55. The largest absolute Gasteiger partial charge is 0.491 e. The lowest BCUT2D eigenvalue weighted by Gasteiger charge is -2.19. The Balaban J connectivity index is 1.98. The van der Waals surface area contributed by atoms with Crippen molar-refractivity contribution < 1.29 is 4.74 Å². The maximum absolute atomic E-state index is 5.67. The van der Waals surface area contributed by atoms with E-state index in [2.05, 4.69) is 43.2 Å². The Morgan fingerprint density at radius 2 is 1.71 bits per heavy atom. The van der Waals surface area contributed by atoms with Crippen LogP contribution in [0.25, 0.3) is 0 Å². The lowest BCUT2D eigenvalue weighted by molar-refractivity contribution is 0.242. The second kappa shape index (κ2) is 7.05. The minimum Gasteiger partial charge on any atom is -0.491 e. The molecule has 1 heterocycles. The van der Waals surface area contributed by atoms with Gasteiger partial charge in [-0.2, -0.15) is 0 Å². The number of aryl methyl sites for hydroxylation is 1. The van der Waals surface area contributed by atoms with Gasteiger partial charge < -0.3 is 10.1 Å². The van der Waals surface area contributed by atoms with Crippen LogP contribution < -0.4 is 10.1 Å². The predicted molar refractivity (Wildman–Crippen MR) is 89.0 cm³/mol. The fraction of sp³-hybridized carbons (Fsp3) is 0.471. The molecule has 0 amide bonds. The second-order valence-corrected chi connectivity index (χ2v) is 6.92. The molecule has 0 spiro atoms. The molecule has 4 heteroatoms. The van der Waals surface area contributed by atoms with E-state index in [0.29, 0.717) is 0 Å². The Hall–Kier alpha value is -1.39. The van der Waals surface area contributed by atoms with Gasteiger partial charge in [-0.25, -0.2) is 4.98 Å². The molecule has 1 aromatic heterocycles. The number of aromatic nitrogens is 1. The smallest absolute Gasteiger partial charge is 0.119 e. The molecule has 0 radical (unpaired) electrons. The van der Waals surface area contributed by atoms with Crippen LogP contribution in [0.3, 0.4) is 0 Å². The van der Waals surface area contributed by atoms with Crippen molar-refractivity contribution in [2.45, 2.75) is 52.8 Å². The van der Waals surface area contributed by atoms with Crippen LogP contribution in [0.5, 0.6) is 5.75 Å². The summed E-state index contributed by atoms with van der Waals surface area (Å²) in [4.78, 5) is 5.70. The first-order valence-electron chi connectivity index (χ1n) is 7.40. The summed E-state index contributed by atoms with van der Waals surface area (Å²) in [6.07, 6.45) is 2.14. The molecular weight excluding hydrogens is 280 g/mol. The van der Waals surface area contributed by atoms with Crippen LogP contribution >= 0.6 is 11.3 Å². The van der Waals surface area contributed by atoms with Gasteiger partial charge in [-0.15, -0.1) is 11.3 Å². The standard InChI is InChI=1S/C17H24N2OS/c1-11(2)20-16-8-6-15(7-9-16)13(4)19-14(5)17-18-10-12(3)21-17/h6-11,13-14,19H,1-5H3. The van der Waals surface area contributed by atoms with E-state index in [9.17, 15) is 0 Å². The van der Waals surface area contributed by atoms with Gasteiger partial charge >= 0.3 is 0 Å². The van der Waals surface area contributed by atoms with Gasteiger partial charge in [0, 0.05) is 17.1 Å². The zero-order chi connectivity index (χ0) is 15.4. The first kappa shape index (κ1) is 16.0. The average molecular weight is 304 g/mol. The molecule has 0 bridgehead atoms. The monoisotopic (exact) mass is 304 g/mol. The summed E-state index contributed by atoms with van der Waals surface area (Å²) in [5.74, 6) is 0.921. The summed E-state index contributed by atoms with van der Waals surface area (Å²) >= 11 is 1.75. The van der Waals surface area contributed by atoms with Crippen LogP contribution in [0.4, 0.5) is 0 Å². The van der Waals surface area contributed by atoms with E-state index < -0.39 is 0 Å². The third-order valence-corrected chi connectivity index (χ3v) is 4.36. The molecule has 0 aliphatic rings. The number of hydrogen-bond acceptors (Lipinski definition) is 4. The lowest BCUT2D eigenvalue weighted by Crippen LogP contribution is -2.22. The molecule has 0 fully saturated rings. The quantitative estimate of drug-likeness (QED) is 0.843. The maximum atomic E-state index is 5.67. The van der Waals surface area contributed by atoms with Gasteiger partial charge in [-0.1, -0.05) is 12.1 Å². The molecule has 0 saturated carbocycles. The van der Waals surface area contributed by atoms with E-state index in [4.69, 9.17) is 4.74 Å². The molecule has 1 N–H and O–H groups in total. The van der Waals surface area contributed by atoms with Crippen LogP contribution in [0.2, 0.25) is 0 Å². The number of ether oxygens (including phenoxy) is 1. The van der Waals surface area contributed by atoms with Gasteiger partial charge in [0.15, 0.2) is 0 Å². The van der Waals surface area contributed by atoms with Crippen LogP contribution in [-0.2, 0) is 0 Å². The van der Waals surface area contributed by atoms with Gasteiger partial charge in [-0.3, -0.25) is 0 Å². The lowest BCUT2D eigenvalue weighted by atomic mass is 10.1. The minimum atomic E-state index is 0.208. The van der Waals surface area contributed by atoms with E-state index in [-0.39, 0.29) is 18.2 Å². The number of nitrogens with zero attached hydrogens (tertiary/aromatic N) is 1. The highest BCUT2D eigenvalue weighted by Gasteiger charge is 2.13. The molecule has 2 atom stereocenters. The summed E-state index contributed by atoms with van der Waals surface area (Å²) in [6.45, 7) is 10.5. The molecule has 2 unspecified atom stereocenters. The van der Waals surface area contributed by atoms with Crippen molar-refractivity contribution >= 4 is 11.3 Å². The maximum Gasteiger partial charge on any atom is 0.119 e. The molecule has 3 nitrogen and oxygen atoms in total. The minimum absolute atomic E-state index is 0.208. The van der Waals surface area contributed by atoms with Gasteiger partial charge in [-0.05, 0) is 52.3 Å². The van der Waals surface area contributed by atoms with Crippen molar-refractivity contribution in [3.63, 3.8) is 0 Å². The number of thiazole rings is 1. The second-order valence-electron chi connectivity index (χ2n) is 5.65. The van der Waals surface area contributed by atoms with Gasteiger partial charge in [0.25, 0.3) is 0 Å². The fourth-order valence-corrected chi connectivity index (χ4v) is 3.01. The molecule has 2 rings (SSSR count). The fourth-order valence-electron chi connectivity index (χ4n) is 2.22. The molecule has 1 aromatic carbocycles. The molecule has 2 aromatic rings. The highest BCUT2D eigenvalue weighted by atomic mass is 32.1. The molecule has 0 aliphatic carbocycles. The van der Waals surface area contributed by atoms with Crippen molar-refractivity contribution in [1.29, 1.82) is 0 Å². The van der Waals surface area contributed by atoms with Crippen LogP contribution in [0.15, 0.2) is 30.5 Å². The van der Waals surface area contributed by atoms with E-state index in [1.807, 2.05) is 32.2 Å². The first-order valence-corrected chi connectivity index (χ1v) is 8.22. The number of rotatable bonds is 6.